The van der Waals surface area contributed by atoms with Crippen LogP contribution in [0.1, 0.15) is 15.6 Å². The highest BCUT2D eigenvalue weighted by Crippen LogP contribution is 2.22. The largest absolute Gasteiger partial charge is 0.481 e. The van der Waals surface area contributed by atoms with E-state index in [1.54, 1.807) is 18.4 Å². The van der Waals surface area contributed by atoms with E-state index in [1.165, 1.54) is 0 Å². The molecule has 20 heavy (non-hydrogen) atoms. The van der Waals surface area contributed by atoms with Gasteiger partial charge in [-0.05, 0) is 0 Å². The number of methoxy groups -OCH3 is 1. The summed E-state index contributed by atoms with van der Waals surface area (Å²) in [6.45, 7) is 5.39. The second kappa shape index (κ2) is 7.68. The third kappa shape index (κ3) is 4.52. The zero-order valence-electron chi connectivity index (χ0n) is 11.7. The van der Waals surface area contributed by atoms with Crippen molar-refractivity contribution in [1.82, 2.24) is 15.2 Å². The van der Waals surface area contributed by atoms with E-state index in [0.29, 0.717) is 12.3 Å². The van der Waals surface area contributed by atoms with Gasteiger partial charge in [0.1, 0.15) is 0 Å². The number of carbonyl (C=O) groups is 1. The Hall–Kier alpha value is -1.02. The van der Waals surface area contributed by atoms with Crippen molar-refractivity contribution >= 4 is 17.3 Å². The molecular formula is C13H21N3O3S. The lowest BCUT2D eigenvalue weighted by molar-refractivity contribution is -0.136. The zero-order valence-corrected chi connectivity index (χ0v) is 12.5. The normalized spacial score (nSPS) is 16.4. The van der Waals surface area contributed by atoms with E-state index < -0.39 is 5.97 Å². The molecule has 0 saturated carbocycles. The molecule has 1 aliphatic rings. The van der Waals surface area contributed by atoms with E-state index in [4.69, 9.17) is 9.84 Å². The number of carboxylic acid groups (broad SMARTS) is 1. The van der Waals surface area contributed by atoms with Gasteiger partial charge in [0, 0.05) is 51.1 Å². The van der Waals surface area contributed by atoms with Gasteiger partial charge in [-0.1, -0.05) is 0 Å². The van der Waals surface area contributed by atoms with Crippen molar-refractivity contribution in [1.29, 1.82) is 0 Å². The zero-order chi connectivity index (χ0) is 14.4. The van der Waals surface area contributed by atoms with Crippen molar-refractivity contribution in [3.8, 4) is 0 Å². The van der Waals surface area contributed by atoms with Crippen LogP contribution >= 0.6 is 11.3 Å². The van der Waals surface area contributed by atoms with Crippen LogP contribution in [0, 0.1) is 0 Å². The Morgan fingerprint density at radius 2 is 2.25 bits per heavy atom. The summed E-state index contributed by atoms with van der Waals surface area (Å²) in [6, 6.07) is 0. The summed E-state index contributed by atoms with van der Waals surface area (Å²) in [4.78, 5) is 18.8. The molecule has 1 aliphatic heterocycles. The molecule has 0 aromatic carbocycles. The number of carboxylic acids is 1. The van der Waals surface area contributed by atoms with Gasteiger partial charge in [-0.3, -0.25) is 9.69 Å². The van der Waals surface area contributed by atoms with Gasteiger partial charge < -0.3 is 15.2 Å². The molecule has 7 heteroatoms. The summed E-state index contributed by atoms with van der Waals surface area (Å²) in [5.74, 6) is -0.824. The molecule has 2 heterocycles. The summed E-state index contributed by atoms with van der Waals surface area (Å²) in [5.41, 5.74) is 0.715. The highest BCUT2D eigenvalue weighted by Gasteiger charge is 2.18. The van der Waals surface area contributed by atoms with Crippen LogP contribution < -0.4 is 5.32 Å². The van der Waals surface area contributed by atoms with Gasteiger partial charge in [0.2, 0.25) is 0 Å². The average Bonchev–Trinajstić information content (AvgIpc) is 2.79. The summed E-state index contributed by atoms with van der Waals surface area (Å²) in [6.07, 6.45) is 0.750. The molecule has 0 aliphatic carbocycles. The van der Waals surface area contributed by atoms with Crippen LogP contribution in [0.25, 0.3) is 0 Å². The Morgan fingerprint density at radius 1 is 1.50 bits per heavy atom. The first kappa shape index (κ1) is 15.4. The molecule has 1 aromatic rings. The minimum Gasteiger partial charge on any atom is -0.481 e. The third-order valence-electron chi connectivity index (χ3n) is 3.24. The number of thiazole rings is 1. The SMILES string of the molecule is COCCc1nc(CC(=O)O)c(CN2CCNCC2)s1. The molecule has 0 radical (unpaired) electrons. The number of ether oxygens (including phenoxy) is 1. The van der Waals surface area contributed by atoms with Crippen LogP contribution in [0.5, 0.6) is 0 Å². The predicted molar refractivity (Wildman–Crippen MR) is 77.2 cm³/mol. The Morgan fingerprint density at radius 3 is 2.90 bits per heavy atom. The number of aliphatic carboxylic acids is 1. The molecule has 0 amide bonds. The lowest BCUT2D eigenvalue weighted by Gasteiger charge is -2.26. The lowest BCUT2D eigenvalue weighted by Crippen LogP contribution is -2.42. The Labute approximate surface area is 122 Å². The minimum atomic E-state index is -0.824. The minimum absolute atomic E-state index is 0.00487. The standard InChI is InChI=1S/C13H21N3O3S/c1-19-7-2-12-15-10(8-13(17)18)11(20-12)9-16-5-3-14-4-6-16/h14H,2-9H2,1H3,(H,17,18). The number of hydrogen-bond donors (Lipinski definition) is 2. The smallest absolute Gasteiger partial charge is 0.309 e. The first-order valence-corrected chi connectivity index (χ1v) is 7.62. The number of nitrogens with one attached hydrogen (secondary N) is 1. The summed E-state index contributed by atoms with van der Waals surface area (Å²) in [7, 11) is 1.66. The first-order valence-electron chi connectivity index (χ1n) is 6.80. The van der Waals surface area contributed by atoms with Crippen molar-refractivity contribution in [3.63, 3.8) is 0 Å². The van der Waals surface area contributed by atoms with Gasteiger partial charge in [0.25, 0.3) is 0 Å². The van der Waals surface area contributed by atoms with Crippen LogP contribution in [0.2, 0.25) is 0 Å². The predicted octanol–water partition coefficient (Wildman–Crippen LogP) is 0.364. The van der Waals surface area contributed by atoms with Crippen molar-refractivity contribution in [2.45, 2.75) is 19.4 Å². The van der Waals surface area contributed by atoms with Crippen molar-refractivity contribution in [2.24, 2.45) is 0 Å². The fourth-order valence-electron chi connectivity index (χ4n) is 2.21. The van der Waals surface area contributed by atoms with E-state index in [0.717, 1.165) is 49.0 Å². The fraction of sp³-hybridized carbons (Fsp3) is 0.692. The summed E-state index contributed by atoms with van der Waals surface area (Å²) in [5, 5.41) is 13.3. The highest BCUT2D eigenvalue weighted by molar-refractivity contribution is 7.11. The number of aromatic nitrogens is 1. The maximum atomic E-state index is 11.0. The summed E-state index contributed by atoms with van der Waals surface area (Å²) >= 11 is 1.62. The Kier molecular flexibility index (Phi) is 5.90. The third-order valence-corrected chi connectivity index (χ3v) is 4.38. The molecule has 1 saturated heterocycles. The van der Waals surface area contributed by atoms with Crippen molar-refractivity contribution in [2.75, 3.05) is 39.9 Å². The van der Waals surface area contributed by atoms with E-state index >= 15 is 0 Å². The van der Waals surface area contributed by atoms with Gasteiger partial charge in [-0.2, -0.15) is 0 Å². The molecule has 2 rings (SSSR count). The van der Waals surface area contributed by atoms with Gasteiger partial charge in [-0.15, -0.1) is 11.3 Å². The van der Waals surface area contributed by atoms with Crippen LogP contribution in [-0.4, -0.2) is 60.9 Å². The van der Waals surface area contributed by atoms with E-state index in [1.807, 2.05) is 0 Å². The number of piperazine rings is 1. The highest BCUT2D eigenvalue weighted by atomic mass is 32.1. The van der Waals surface area contributed by atoms with Gasteiger partial charge in [0.15, 0.2) is 0 Å². The molecule has 0 atom stereocenters. The van der Waals surface area contributed by atoms with Gasteiger partial charge >= 0.3 is 5.97 Å². The number of hydrogen-bond acceptors (Lipinski definition) is 6. The Balaban J connectivity index is 2.06. The van der Waals surface area contributed by atoms with E-state index in [-0.39, 0.29) is 6.42 Å². The first-order chi connectivity index (χ1) is 9.69. The fourth-order valence-corrected chi connectivity index (χ4v) is 3.32. The number of nitrogens with zero attached hydrogens (tertiary/aromatic N) is 2. The maximum Gasteiger partial charge on any atom is 0.309 e. The molecule has 0 spiro atoms. The molecule has 6 nitrogen and oxygen atoms in total. The molecule has 2 N–H and O–H groups in total. The summed E-state index contributed by atoms with van der Waals surface area (Å²) < 4.78 is 5.06. The Bertz CT molecular complexity index is 444. The number of rotatable bonds is 7. The molecule has 0 unspecified atom stereocenters. The monoisotopic (exact) mass is 299 g/mol. The topological polar surface area (TPSA) is 74.7 Å². The quantitative estimate of drug-likeness (QED) is 0.757. The molecule has 112 valence electrons. The van der Waals surface area contributed by atoms with Crippen LogP contribution in [0.15, 0.2) is 0 Å². The second-order valence-corrected chi connectivity index (χ2v) is 5.99. The molecule has 1 aromatic heterocycles. The van der Waals surface area contributed by atoms with E-state index in [9.17, 15) is 4.79 Å². The van der Waals surface area contributed by atoms with Crippen molar-refractivity contribution in [3.05, 3.63) is 15.6 Å². The van der Waals surface area contributed by atoms with Crippen LogP contribution in [0.4, 0.5) is 0 Å². The van der Waals surface area contributed by atoms with Crippen LogP contribution in [0.3, 0.4) is 0 Å². The second-order valence-electron chi connectivity index (χ2n) is 4.82. The van der Waals surface area contributed by atoms with Gasteiger partial charge in [-0.25, -0.2) is 4.98 Å². The average molecular weight is 299 g/mol. The molecule has 0 bridgehead atoms. The van der Waals surface area contributed by atoms with Gasteiger partial charge in [0.05, 0.1) is 23.7 Å². The molecule has 1 fully saturated rings. The van der Waals surface area contributed by atoms with E-state index in [2.05, 4.69) is 15.2 Å². The van der Waals surface area contributed by atoms with Crippen molar-refractivity contribution < 1.29 is 14.6 Å². The maximum absolute atomic E-state index is 11.0. The lowest BCUT2D eigenvalue weighted by atomic mass is 10.2. The van der Waals surface area contributed by atoms with Crippen LogP contribution in [-0.2, 0) is 28.9 Å². The molecular weight excluding hydrogens is 278 g/mol.